The fraction of sp³-hybridized carbons (Fsp3) is 0.481. The van der Waals surface area contributed by atoms with Crippen LogP contribution in [-0.4, -0.2) is 93.6 Å². The van der Waals surface area contributed by atoms with Gasteiger partial charge in [0.05, 0.1) is 0 Å². The summed E-state index contributed by atoms with van der Waals surface area (Å²) in [6.45, 7) is 11.8. The Morgan fingerprint density at radius 2 is 1.33 bits per heavy atom. The number of nitrogens with one attached hydrogen (secondary N) is 1. The summed E-state index contributed by atoms with van der Waals surface area (Å²) in [7, 11) is 0. The molecule has 9 heteroatoms. The Morgan fingerprint density at radius 1 is 0.833 bits per heavy atom. The van der Waals surface area contributed by atoms with Gasteiger partial charge >= 0.3 is 0 Å². The minimum absolute atomic E-state index is 0.0908. The molecule has 2 fully saturated rings. The first-order chi connectivity index (χ1) is 17.4. The molecule has 2 saturated heterocycles. The van der Waals surface area contributed by atoms with Crippen LogP contribution in [0.4, 0.5) is 0 Å². The van der Waals surface area contributed by atoms with Gasteiger partial charge in [-0.25, -0.2) is 9.79 Å². The molecule has 2 N–H and O–H groups in total. The lowest BCUT2D eigenvalue weighted by atomic mass is 10.0. The van der Waals surface area contributed by atoms with E-state index in [-0.39, 0.29) is 18.0 Å². The Morgan fingerprint density at radius 3 is 1.83 bits per heavy atom. The van der Waals surface area contributed by atoms with Gasteiger partial charge in [0.25, 0.3) is 11.8 Å². The maximum Gasteiger partial charge on any atom is 0.274 e. The highest BCUT2D eigenvalue weighted by Crippen LogP contribution is 2.22. The zero-order valence-electron chi connectivity index (χ0n) is 21.4. The number of carbonyl (C=O) groups is 2. The van der Waals surface area contributed by atoms with E-state index in [2.05, 4.69) is 46.3 Å². The largest absolute Gasteiger partial charge is 0.331 e. The van der Waals surface area contributed by atoms with Gasteiger partial charge in [-0.2, -0.15) is 0 Å². The first kappa shape index (κ1) is 26.6. The summed E-state index contributed by atoms with van der Waals surface area (Å²) in [4.78, 5) is 31.8. The van der Waals surface area contributed by atoms with E-state index in [0.29, 0.717) is 5.56 Å². The second kappa shape index (κ2) is 12.2. The van der Waals surface area contributed by atoms with E-state index in [1.807, 2.05) is 41.1 Å². The molecule has 2 aliphatic rings. The van der Waals surface area contributed by atoms with Crippen molar-refractivity contribution in [3.63, 3.8) is 0 Å². The fourth-order valence-corrected chi connectivity index (χ4v) is 5.80. The van der Waals surface area contributed by atoms with E-state index in [0.717, 1.165) is 63.5 Å². The van der Waals surface area contributed by atoms with Gasteiger partial charge in [0.1, 0.15) is 0 Å². The third-order valence-electron chi connectivity index (χ3n) is 7.15. The zero-order valence-corrected chi connectivity index (χ0v) is 22.2. The van der Waals surface area contributed by atoms with Crippen LogP contribution in [-0.2, 0) is 13.1 Å². The van der Waals surface area contributed by atoms with Crippen molar-refractivity contribution >= 4 is 23.8 Å². The predicted molar refractivity (Wildman–Crippen MR) is 143 cm³/mol. The zero-order chi connectivity index (χ0) is 25.7. The quantitative estimate of drug-likeness (QED) is 0.336. The number of benzene rings is 2. The Labute approximate surface area is 218 Å². The van der Waals surface area contributed by atoms with Crippen molar-refractivity contribution in [2.45, 2.75) is 39.0 Å². The molecule has 0 aromatic heterocycles. The molecule has 194 valence electrons. The molecule has 2 amide bonds. The van der Waals surface area contributed by atoms with Crippen molar-refractivity contribution in [3.05, 3.63) is 70.8 Å². The van der Waals surface area contributed by atoms with Crippen LogP contribution in [0.1, 0.15) is 45.7 Å². The molecular weight excluding hydrogens is 474 g/mol. The monoisotopic (exact) mass is 511 g/mol. The molecule has 0 bridgehead atoms. The number of rotatable bonds is 7. The highest BCUT2D eigenvalue weighted by molar-refractivity contribution is 7.96. The summed E-state index contributed by atoms with van der Waals surface area (Å²) in [5.74, 6) is -0.424. The van der Waals surface area contributed by atoms with Crippen molar-refractivity contribution in [3.8, 4) is 0 Å². The van der Waals surface area contributed by atoms with Gasteiger partial charge in [-0.15, -0.1) is 0 Å². The van der Waals surface area contributed by atoms with Gasteiger partial charge in [-0.3, -0.25) is 24.6 Å². The Bertz CT molecular complexity index is 1010. The third-order valence-corrected chi connectivity index (χ3v) is 8.03. The number of carbonyl (C=O) groups excluding carboxylic acids is 2. The lowest BCUT2D eigenvalue weighted by molar-refractivity contribution is 0.0268. The third kappa shape index (κ3) is 6.46. The van der Waals surface area contributed by atoms with Crippen LogP contribution in [0.15, 0.2) is 48.5 Å². The molecule has 2 aromatic carbocycles. The number of hydrogen-bond donors (Lipinski definition) is 2. The number of amides is 2. The van der Waals surface area contributed by atoms with Crippen molar-refractivity contribution < 1.29 is 14.8 Å². The SMILES string of the molecule is CSN1CCN(Cc2ccc(C(=O)N3[C@H](C)CN(Cc4ccc(C(=O)NO)cc4)C[C@@H]3C)cc2)CC1. The first-order valence-electron chi connectivity index (χ1n) is 12.6. The second-order valence-corrected chi connectivity index (χ2v) is 10.7. The summed E-state index contributed by atoms with van der Waals surface area (Å²) >= 11 is 1.82. The van der Waals surface area contributed by atoms with E-state index in [1.54, 1.807) is 17.6 Å². The summed E-state index contributed by atoms with van der Waals surface area (Å²) < 4.78 is 2.40. The summed E-state index contributed by atoms with van der Waals surface area (Å²) in [5, 5.41) is 8.78. The molecule has 0 unspecified atom stereocenters. The van der Waals surface area contributed by atoms with Crippen molar-refractivity contribution in [1.82, 2.24) is 24.5 Å². The van der Waals surface area contributed by atoms with Gasteiger partial charge in [-0.05, 0) is 55.5 Å². The highest BCUT2D eigenvalue weighted by atomic mass is 32.2. The molecule has 8 nitrogen and oxygen atoms in total. The van der Waals surface area contributed by atoms with Crippen molar-refractivity contribution in [1.29, 1.82) is 0 Å². The smallest absolute Gasteiger partial charge is 0.274 e. The Hall–Kier alpha value is -2.43. The van der Waals surface area contributed by atoms with Gasteiger partial charge in [0.2, 0.25) is 0 Å². The summed E-state index contributed by atoms with van der Waals surface area (Å²) in [5.41, 5.74) is 5.16. The minimum Gasteiger partial charge on any atom is -0.331 e. The number of nitrogens with zero attached hydrogens (tertiary/aromatic N) is 4. The molecule has 0 aliphatic carbocycles. The van der Waals surface area contributed by atoms with Crippen LogP contribution in [0.25, 0.3) is 0 Å². The number of piperazine rings is 2. The number of hydroxylamine groups is 1. The molecule has 36 heavy (non-hydrogen) atoms. The summed E-state index contributed by atoms with van der Waals surface area (Å²) in [6.07, 6.45) is 2.13. The van der Waals surface area contributed by atoms with Crippen LogP contribution in [0.3, 0.4) is 0 Å². The maximum atomic E-state index is 13.4. The van der Waals surface area contributed by atoms with Crippen LogP contribution < -0.4 is 5.48 Å². The van der Waals surface area contributed by atoms with Crippen LogP contribution >= 0.6 is 11.9 Å². The van der Waals surface area contributed by atoms with Gasteiger partial charge in [-0.1, -0.05) is 36.2 Å². The normalized spacial score (nSPS) is 21.9. The first-order valence-corrected chi connectivity index (χ1v) is 13.7. The van der Waals surface area contributed by atoms with Crippen LogP contribution in [0.5, 0.6) is 0 Å². The molecular formula is C27H37N5O3S. The topological polar surface area (TPSA) is 79.4 Å². The van der Waals surface area contributed by atoms with Crippen LogP contribution in [0.2, 0.25) is 0 Å². The predicted octanol–water partition coefficient (Wildman–Crippen LogP) is 2.94. The molecule has 2 heterocycles. The Kier molecular flexibility index (Phi) is 9.03. The maximum absolute atomic E-state index is 13.4. The minimum atomic E-state index is -0.516. The molecule has 0 spiro atoms. The molecule has 0 saturated carbocycles. The van der Waals surface area contributed by atoms with E-state index >= 15 is 0 Å². The van der Waals surface area contributed by atoms with Gasteiger partial charge < -0.3 is 4.90 Å². The summed E-state index contributed by atoms with van der Waals surface area (Å²) in [6, 6.07) is 15.6. The molecule has 4 rings (SSSR count). The molecule has 2 aromatic rings. The van der Waals surface area contributed by atoms with Crippen molar-refractivity contribution in [2.24, 2.45) is 0 Å². The van der Waals surface area contributed by atoms with E-state index in [4.69, 9.17) is 5.21 Å². The van der Waals surface area contributed by atoms with Gasteiger partial charge in [0.15, 0.2) is 0 Å². The number of hydrogen-bond acceptors (Lipinski definition) is 7. The lowest BCUT2D eigenvalue weighted by Gasteiger charge is -2.44. The van der Waals surface area contributed by atoms with Gasteiger partial charge in [0, 0.05) is 75.6 Å². The standard InChI is InChI=1S/C27H37N5O3S/c1-20-16-30(19-23-4-8-24(9-5-23)26(33)28-35)17-21(2)32(20)27(34)25-10-6-22(7-11-25)18-29-12-14-31(36-3)15-13-29/h4-11,20-21,35H,12-19H2,1-3H3,(H,28,33)/t20-,21+. The molecule has 2 aliphatic heterocycles. The molecule has 2 atom stereocenters. The lowest BCUT2D eigenvalue weighted by Crippen LogP contribution is -2.58. The van der Waals surface area contributed by atoms with E-state index in [1.165, 1.54) is 5.56 Å². The fourth-order valence-electron chi connectivity index (χ4n) is 5.28. The average molecular weight is 512 g/mol. The van der Waals surface area contributed by atoms with Crippen LogP contribution in [0, 0.1) is 0 Å². The highest BCUT2D eigenvalue weighted by Gasteiger charge is 2.33. The second-order valence-electron chi connectivity index (χ2n) is 9.83. The van der Waals surface area contributed by atoms with E-state index < -0.39 is 5.91 Å². The molecule has 0 radical (unpaired) electrons. The average Bonchev–Trinajstić information content (AvgIpc) is 2.89. The van der Waals surface area contributed by atoms with Crippen molar-refractivity contribution in [2.75, 3.05) is 45.5 Å². The van der Waals surface area contributed by atoms with E-state index in [9.17, 15) is 9.59 Å². The Balaban J connectivity index is 1.32.